The molecule has 40 heavy (non-hydrogen) atoms. The van der Waals surface area contributed by atoms with Gasteiger partial charge in [0, 0.05) is 12.2 Å². The number of carbonyl (C=O) groups excluding carboxylic acids is 2. The van der Waals surface area contributed by atoms with Gasteiger partial charge in [-0.15, -0.1) is 0 Å². The molecule has 1 heterocycles. The van der Waals surface area contributed by atoms with Crippen LogP contribution in [0.2, 0.25) is 0 Å². The molecule has 0 aliphatic carbocycles. The van der Waals surface area contributed by atoms with Crippen LogP contribution < -0.4 is 20.1 Å². The zero-order valence-electron chi connectivity index (χ0n) is 22.0. The van der Waals surface area contributed by atoms with Crippen molar-refractivity contribution < 1.29 is 39.2 Å². The zero-order valence-corrected chi connectivity index (χ0v) is 22.0. The summed E-state index contributed by atoms with van der Waals surface area (Å²) >= 11 is 0. The van der Waals surface area contributed by atoms with Crippen LogP contribution >= 0.6 is 0 Å². The van der Waals surface area contributed by atoms with Gasteiger partial charge in [0.15, 0.2) is 0 Å². The molecule has 0 bridgehead atoms. The van der Waals surface area contributed by atoms with E-state index in [1.807, 2.05) is 25.1 Å². The number of hydrogen-bond donors (Lipinski definition) is 5. The summed E-state index contributed by atoms with van der Waals surface area (Å²) in [5, 5.41) is 35.3. The Morgan fingerprint density at radius 1 is 0.975 bits per heavy atom. The maximum Gasteiger partial charge on any atom is 0.335 e. The highest BCUT2D eigenvalue weighted by Gasteiger charge is 2.42. The van der Waals surface area contributed by atoms with Crippen molar-refractivity contribution in [2.45, 2.75) is 31.6 Å². The normalized spacial score (nSPS) is 18.2. The van der Waals surface area contributed by atoms with E-state index in [1.54, 1.807) is 24.3 Å². The van der Waals surface area contributed by atoms with Crippen LogP contribution in [0.4, 0.5) is 16.2 Å². The first kappa shape index (κ1) is 28.4. The summed E-state index contributed by atoms with van der Waals surface area (Å²) in [6.07, 6.45) is -2.40. The Labute approximate surface area is 231 Å². The van der Waals surface area contributed by atoms with E-state index in [0.717, 1.165) is 5.56 Å². The molecule has 4 rings (SSSR count). The fraction of sp³-hybridized carbons (Fsp3) is 0.276. The number of aromatic carboxylic acids is 1. The molecule has 0 unspecified atom stereocenters. The van der Waals surface area contributed by atoms with Gasteiger partial charge in [-0.2, -0.15) is 0 Å². The van der Waals surface area contributed by atoms with Gasteiger partial charge in [0.25, 0.3) is 0 Å². The number of carboxylic acid groups (broad SMARTS) is 1. The van der Waals surface area contributed by atoms with E-state index >= 15 is 0 Å². The monoisotopic (exact) mass is 549 g/mol. The summed E-state index contributed by atoms with van der Waals surface area (Å²) in [5.74, 6) is -0.684. The topological polar surface area (TPSA) is 158 Å². The van der Waals surface area contributed by atoms with Crippen LogP contribution in [-0.4, -0.2) is 76.6 Å². The number of rotatable bonds is 9. The molecular weight excluding hydrogens is 518 g/mol. The number of amides is 3. The minimum absolute atomic E-state index is 0.0463. The van der Waals surface area contributed by atoms with Crippen LogP contribution in [0, 0.1) is 6.92 Å². The number of carboxylic acids is 1. The number of nitrogens with one attached hydrogen (secondary N) is 2. The Bertz CT molecular complexity index is 1380. The third-order valence-electron chi connectivity index (χ3n) is 6.68. The van der Waals surface area contributed by atoms with E-state index < -0.39 is 30.3 Å². The molecule has 1 fully saturated rings. The Hall–Kier alpha value is -4.61. The predicted octanol–water partition coefficient (Wildman–Crippen LogP) is 2.90. The molecule has 0 aromatic heterocycles. The van der Waals surface area contributed by atoms with Gasteiger partial charge >= 0.3 is 12.0 Å². The number of aryl methyl sites for hydroxylation is 1. The number of benzene rings is 3. The van der Waals surface area contributed by atoms with Gasteiger partial charge in [-0.25, -0.2) is 9.59 Å². The minimum Gasteiger partial charge on any atom is -0.495 e. The van der Waals surface area contributed by atoms with Gasteiger partial charge in [0.05, 0.1) is 36.9 Å². The van der Waals surface area contributed by atoms with Gasteiger partial charge < -0.3 is 40.3 Å². The lowest BCUT2D eigenvalue weighted by atomic mass is 10.1. The minimum atomic E-state index is -1.21. The summed E-state index contributed by atoms with van der Waals surface area (Å²) in [5.41, 5.74) is 2.70. The van der Waals surface area contributed by atoms with Crippen LogP contribution in [0.1, 0.15) is 21.5 Å². The van der Waals surface area contributed by atoms with Crippen LogP contribution in [0.5, 0.6) is 11.5 Å². The number of carbonyl (C=O) groups is 3. The second kappa shape index (κ2) is 12.5. The number of anilines is 2. The highest BCUT2D eigenvalue weighted by molar-refractivity contribution is 6.01. The van der Waals surface area contributed by atoms with E-state index in [1.165, 1.54) is 36.3 Å². The third kappa shape index (κ3) is 6.68. The number of aliphatic hydroxyl groups excluding tert-OH is 2. The van der Waals surface area contributed by atoms with Crippen molar-refractivity contribution >= 4 is 29.3 Å². The molecule has 210 valence electrons. The smallest absolute Gasteiger partial charge is 0.335 e. The molecule has 3 aromatic carbocycles. The average Bonchev–Trinajstić information content (AvgIpc) is 3.22. The van der Waals surface area contributed by atoms with E-state index in [4.69, 9.17) is 14.6 Å². The molecule has 3 amide bonds. The van der Waals surface area contributed by atoms with Crippen molar-refractivity contribution in [2.75, 3.05) is 30.9 Å². The fourth-order valence-electron chi connectivity index (χ4n) is 4.45. The third-order valence-corrected chi connectivity index (χ3v) is 6.68. The van der Waals surface area contributed by atoms with Crippen LogP contribution in [0.25, 0.3) is 0 Å². The Balaban J connectivity index is 1.40. The van der Waals surface area contributed by atoms with Gasteiger partial charge in [-0.3, -0.25) is 4.79 Å². The van der Waals surface area contributed by atoms with Gasteiger partial charge in [-0.05, 0) is 60.5 Å². The van der Waals surface area contributed by atoms with Gasteiger partial charge in [0.1, 0.15) is 24.2 Å². The number of ether oxygens (including phenoxy) is 2. The van der Waals surface area contributed by atoms with Crippen molar-refractivity contribution in [1.29, 1.82) is 0 Å². The lowest BCUT2D eigenvalue weighted by Gasteiger charge is -2.26. The quantitative estimate of drug-likeness (QED) is 0.273. The molecule has 0 saturated carbocycles. The van der Waals surface area contributed by atoms with E-state index in [-0.39, 0.29) is 31.0 Å². The van der Waals surface area contributed by atoms with Crippen molar-refractivity contribution in [3.05, 3.63) is 83.4 Å². The van der Waals surface area contributed by atoms with Crippen molar-refractivity contribution in [3.63, 3.8) is 0 Å². The number of para-hydroxylation sites is 1. The predicted molar refractivity (Wildman–Crippen MR) is 147 cm³/mol. The summed E-state index contributed by atoms with van der Waals surface area (Å²) in [4.78, 5) is 38.1. The standard InChI is InChI=1S/C29H31N3O8/c1-17-5-3-4-6-21(17)30-29(38)31-22-12-7-18(13-25(22)39-2)14-26(34)32-15-24(33)27(35)23(32)16-40-20-10-8-19(9-11-20)28(36)37/h3-13,23-24,27,33,35H,14-16H2,1-2H3,(H,36,37)(H2,30,31,38)/t23-,24+,27-/m1/s1. The zero-order chi connectivity index (χ0) is 28.8. The van der Waals surface area contributed by atoms with Gasteiger partial charge in [-0.1, -0.05) is 24.3 Å². The molecule has 0 spiro atoms. The molecule has 3 aromatic rings. The molecule has 5 N–H and O–H groups in total. The summed E-state index contributed by atoms with van der Waals surface area (Å²) in [6, 6.07) is 16.8. The van der Waals surface area contributed by atoms with E-state index in [2.05, 4.69) is 10.6 Å². The maximum absolute atomic E-state index is 13.2. The number of β-amino-alcohol motifs (C(OH)–C–C–N with tert-alkyl or cyclic N) is 1. The number of urea groups is 1. The maximum atomic E-state index is 13.2. The first-order valence-corrected chi connectivity index (χ1v) is 12.6. The molecule has 1 aliphatic rings. The molecule has 0 radical (unpaired) electrons. The average molecular weight is 550 g/mol. The Kier molecular flexibility index (Phi) is 8.87. The summed E-state index contributed by atoms with van der Waals surface area (Å²) in [6.45, 7) is 1.72. The molecule has 1 aliphatic heterocycles. The van der Waals surface area contributed by atoms with Crippen molar-refractivity contribution in [2.24, 2.45) is 0 Å². The van der Waals surface area contributed by atoms with Crippen LogP contribution in [0.15, 0.2) is 66.7 Å². The summed E-state index contributed by atoms with van der Waals surface area (Å²) < 4.78 is 11.1. The lowest BCUT2D eigenvalue weighted by Crippen LogP contribution is -2.44. The van der Waals surface area contributed by atoms with E-state index in [9.17, 15) is 24.6 Å². The second-order valence-corrected chi connectivity index (χ2v) is 9.42. The van der Waals surface area contributed by atoms with Crippen molar-refractivity contribution in [3.8, 4) is 11.5 Å². The number of nitrogens with zero attached hydrogens (tertiary/aromatic N) is 1. The molecule has 1 saturated heterocycles. The first-order chi connectivity index (χ1) is 19.2. The van der Waals surface area contributed by atoms with Crippen LogP contribution in [0.3, 0.4) is 0 Å². The highest BCUT2D eigenvalue weighted by atomic mass is 16.5. The molecule has 11 nitrogen and oxygen atoms in total. The first-order valence-electron chi connectivity index (χ1n) is 12.6. The number of hydrogen-bond acceptors (Lipinski definition) is 7. The number of likely N-dealkylation sites (tertiary alicyclic amines) is 1. The molecule has 11 heteroatoms. The van der Waals surface area contributed by atoms with E-state index in [0.29, 0.717) is 28.4 Å². The molecule has 3 atom stereocenters. The Morgan fingerprint density at radius 2 is 1.68 bits per heavy atom. The number of methoxy groups -OCH3 is 1. The molecular formula is C29H31N3O8. The van der Waals surface area contributed by atoms with Crippen molar-refractivity contribution in [1.82, 2.24) is 4.90 Å². The lowest BCUT2D eigenvalue weighted by molar-refractivity contribution is -0.132. The largest absolute Gasteiger partial charge is 0.495 e. The van der Waals surface area contributed by atoms with Gasteiger partial charge in [0.2, 0.25) is 5.91 Å². The Morgan fingerprint density at radius 3 is 2.35 bits per heavy atom. The summed E-state index contributed by atoms with van der Waals surface area (Å²) in [7, 11) is 1.45. The fourth-order valence-corrected chi connectivity index (χ4v) is 4.45. The second-order valence-electron chi connectivity index (χ2n) is 9.42. The SMILES string of the molecule is COc1cc(CC(=O)N2C[C@H](O)[C@H](O)[C@H]2COc2ccc(C(=O)O)cc2)ccc1NC(=O)Nc1ccccc1C. The van der Waals surface area contributed by atoms with Crippen LogP contribution in [-0.2, 0) is 11.2 Å². The number of aliphatic hydroxyl groups is 2. The highest BCUT2D eigenvalue weighted by Crippen LogP contribution is 2.28.